The summed E-state index contributed by atoms with van der Waals surface area (Å²) in [4.78, 5) is 40.7. The smallest absolute Gasteiger partial charge is 0.326 e. The third-order valence-electron chi connectivity index (χ3n) is 4.84. The van der Waals surface area contributed by atoms with Crippen LogP contribution >= 0.6 is 11.6 Å². The second-order valence-electron chi connectivity index (χ2n) is 6.86. The number of fused-ring (bicyclic) bond motifs is 1. The molecule has 0 bridgehead atoms. The first-order valence-electron chi connectivity index (χ1n) is 8.86. The van der Waals surface area contributed by atoms with E-state index in [2.05, 4.69) is 10.3 Å². The standard InChI is InChI=1S/C18H20ClN5O5S/c1-10-11(19)6-5-7-12(10)20-13(25)8-9-30(28,29)17-21-14-15(22(17)2)23(3)18(27)24(4)16(14)26/h5-7H,8-9H2,1-4H3,(H,20,25). The molecule has 0 aliphatic rings. The van der Waals surface area contributed by atoms with Gasteiger partial charge in [-0.3, -0.25) is 18.7 Å². The van der Waals surface area contributed by atoms with E-state index in [0.717, 1.165) is 9.13 Å². The van der Waals surface area contributed by atoms with Crippen LogP contribution in [0.1, 0.15) is 12.0 Å². The first kappa shape index (κ1) is 21.8. The van der Waals surface area contributed by atoms with E-state index < -0.39 is 32.7 Å². The van der Waals surface area contributed by atoms with Crippen LogP contribution in [0.5, 0.6) is 0 Å². The van der Waals surface area contributed by atoms with E-state index in [1.807, 2.05) is 0 Å². The molecule has 0 radical (unpaired) electrons. The van der Waals surface area contributed by atoms with Gasteiger partial charge in [-0.2, -0.15) is 0 Å². The number of hydrogen-bond acceptors (Lipinski definition) is 6. The molecule has 30 heavy (non-hydrogen) atoms. The summed E-state index contributed by atoms with van der Waals surface area (Å²) in [5, 5.41) is 2.73. The van der Waals surface area contributed by atoms with Crippen LogP contribution in [0, 0.1) is 6.92 Å². The molecule has 0 spiro atoms. The maximum absolute atomic E-state index is 12.8. The van der Waals surface area contributed by atoms with Crippen LogP contribution in [0.15, 0.2) is 32.9 Å². The topological polar surface area (TPSA) is 125 Å². The molecule has 0 aliphatic heterocycles. The summed E-state index contributed by atoms with van der Waals surface area (Å²) in [5.74, 6) is -1.03. The molecule has 0 atom stereocenters. The van der Waals surface area contributed by atoms with Crippen molar-refractivity contribution in [2.75, 3.05) is 11.1 Å². The van der Waals surface area contributed by atoms with Gasteiger partial charge in [0.1, 0.15) is 0 Å². The summed E-state index contributed by atoms with van der Waals surface area (Å²) in [7, 11) is 0.0895. The molecular weight excluding hydrogens is 434 g/mol. The highest BCUT2D eigenvalue weighted by atomic mass is 35.5. The third-order valence-corrected chi connectivity index (χ3v) is 6.91. The lowest BCUT2D eigenvalue weighted by atomic mass is 10.2. The van der Waals surface area contributed by atoms with Crippen LogP contribution in [-0.4, -0.2) is 38.8 Å². The van der Waals surface area contributed by atoms with Crippen molar-refractivity contribution in [1.29, 1.82) is 0 Å². The molecule has 3 aromatic rings. The Balaban J connectivity index is 1.89. The Morgan fingerprint density at radius 1 is 1.13 bits per heavy atom. The summed E-state index contributed by atoms with van der Waals surface area (Å²) in [5.41, 5.74) is -0.191. The number of amides is 1. The molecule has 1 aromatic carbocycles. The molecule has 2 heterocycles. The molecule has 10 nitrogen and oxygen atoms in total. The third kappa shape index (κ3) is 3.65. The highest BCUT2D eigenvalue weighted by molar-refractivity contribution is 7.91. The van der Waals surface area contributed by atoms with Gasteiger partial charge in [0.2, 0.25) is 20.9 Å². The molecule has 0 fully saturated rings. The van der Waals surface area contributed by atoms with E-state index >= 15 is 0 Å². The minimum absolute atomic E-state index is 0.0840. The van der Waals surface area contributed by atoms with Crippen LogP contribution in [-0.2, 0) is 35.8 Å². The van der Waals surface area contributed by atoms with Crippen LogP contribution in [0.25, 0.3) is 11.2 Å². The van der Waals surface area contributed by atoms with Gasteiger partial charge in [0.05, 0.1) is 5.75 Å². The van der Waals surface area contributed by atoms with Gasteiger partial charge in [-0.15, -0.1) is 0 Å². The predicted molar refractivity (Wildman–Crippen MR) is 113 cm³/mol. The number of halogens is 1. The molecule has 12 heteroatoms. The zero-order valence-corrected chi connectivity index (χ0v) is 18.3. The van der Waals surface area contributed by atoms with E-state index in [-0.39, 0.29) is 22.7 Å². The SMILES string of the molecule is Cc1c(Cl)cccc1NC(=O)CCS(=O)(=O)c1nc2c(=O)n(C)c(=O)n(C)c2n1C. The fraction of sp³-hybridized carbons (Fsp3) is 0.333. The number of nitrogens with zero attached hydrogens (tertiary/aromatic N) is 4. The molecule has 2 aromatic heterocycles. The number of carbonyl (C=O) groups is 1. The molecule has 1 N–H and O–H groups in total. The lowest BCUT2D eigenvalue weighted by Gasteiger charge is -2.10. The van der Waals surface area contributed by atoms with E-state index in [4.69, 9.17) is 11.6 Å². The number of aromatic nitrogens is 4. The molecule has 160 valence electrons. The lowest BCUT2D eigenvalue weighted by Crippen LogP contribution is -2.37. The monoisotopic (exact) mass is 453 g/mol. The van der Waals surface area contributed by atoms with Crippen LogP contribution < -0.4 is 16.6 Å². The molecular formula is C18H20ClN5O5S. The Hall–Kier alpha value is -2.92. The predicted octanol–water partition coefficient (Wildman–Crippen LogP) is 0.735. The Bertz CT molecular complexity index is 1400. The van der Waals surface area contributed by atoms with Crippen molar-refractivity contribution < 1.29 is 13.2 Å². The number of carbonyl (C=O) groups excluding carboxylic acids is 1. The van der Waals surface area contributed by atoms with Crippen molar-refractivity contribution in [3.05, 3.63) is 49.6 Å². The second-order valence-corrected chi connectivity index (χ2v) is 9.27. The molecule has 0 saturated carbocycles. The Morgan fingerprint density at radius 2 is 1.80 bits per heavy atom. The molecule has 0 saturated heterocycles. The summed E-state index contributed by atoms with van der Waals surface area (Å²) in [6.45, 7) is 1.74. The quantitative estimate of drug-likeness (QED) is 0.607. The largest absolute Gasteiger partial charge is 0.332 e. The van der Waals surface area contributed by atoms with Crippen LogP contribution in [0.3, 0.4) is 0 Å². The Labute approximate surface area is 176 Å². The van der Waals surface area contributed by atoms with Gasteiger partial charge in [0.25, 0.3) is 5.56 Å². The van der Waals surface area contributed by atoms with E-state index in [9.17, 15) is 22.8 Å². The van der Waals surface area contributed by atoms with E-state index in [1.54, 1.807) is 25.1 Å². The number of sulfone groups is 1. The highest BCUT2D eigenvalue weighted by Crippen LogP contribution is 2.23. The second kappa shape index (κ2) is 7.73. The fourth-order valence-electron chi connectivity index (χ4n) is 3.11. The van der Waals surface area contributed by atoms with Gasteiger partial charge >= 0.3 is 5.69 Å². The van der Waals surface area contributed by atoms with Gasteiger partial charge in [-0.1, -0.05) is 17.7 Å². The number of imidazole rings is 1. The van der Waals surface area contributed by atoms with Gasteiger partial charge in [0.15, 0.2) is 11.2 Å². The first-order valence-corrected chi connectivity index (χ1v) is 10.9. The molecule has 0 aliphatic carbocycles. The van der Waals surface area contributed by atoms with Crippen molar-refractivity contribution in [3.63, 3.8) is 0 Å². The van der Waals surface area contributed by atoms with Crippen molar-refractivity contribution >= 4 is 44.2 Å². The number of aryl methyl sites for hydroxylation is 2. The van der Waals surface area contributed by atoms with Crippen molar-refractivity contribution in [1.82, 2.24) is 18.7 Å². The summed E-state index contributed by atoms with van der Waals surface area (Å²) in [6, 6.07) is 5.02. The number of nitrogens with one attached hydrogen (secondary N) is 1. The van der Waals surface area contributed by atoms with Gasteiger partial charge in [0, 0.05) is 38.3 Å². The zero-order valence-electron chi connectivity index (χ0n) is 16.8. The summed E-state index contributed by atoms with van der Waals surface area (Å²) < 4.78 is 28.8. The number of anilines is 1. The number of benzene rings is 1. The minimum atomic E-state index is -4.02. The van der Waals surface area contributed by atoms with Crippen molar-refractivity contribution in [2.45, 2.75) is 18.5 Å². The average Bonchev–Trinajstić information content (AvgIpc) is 3.05. The zero-order chi connectivity index (χ0) is 22.4. The van der Waals surface area contributed by atoms with E-state index in [1.165, 1.54) is 25.7 Å². The minimum Gasteiger partial charge on any atom is -0.326 e. The number of hydrogen-bond donors (Lipinski definition) is 1. The normalized spacial score (nSPS) is 11.8. The van der Waals surface area contributed by atoms with Crippen LogP contribution in [0.4, 0.5) is 5.69 Å². The maximum atomic E-state index is 12.8. The molecule has 1 amide bonds. The van der Waals surface area contributed by atoms with Gasteiger partial charge in [-0.25, -0.2) is 18.2 Å². The van der Waals surface area contributed by atoms with Crippen molar-refractivity contribution in [3.8, 4) is 0 Å². The van der Waals surface area contributed by atoms with E-state index in [0.29, 0.717) is 16.3 Å². The summed E-state index contributed by atoms with van der Waals surface area (Å²) in [6.07, 6.45) is -0.325. The summed E-state index contributed by atoms with van der Waals surface area (Å²) >= 11 is 6.02. The number of rotatable bonds is 5. The maximum Gasteiger partial charge on any atom is 0.332 e. The lowest BCUT2D eigenvalue weighted by molar-refractivity contribution is -0.115. The van der Waals surface area contributed by atoms with Crippen LogP contribution in [0.2, 0.25) is 5.02 Å². The van der Waals surface area contributed by atoms with Crippen molar-refractivity contribution in [2.24, 2.45) is 21.1 Å². The molecule has 3 rings (SSSR count). The average molecular weight is 454 g/mol. The molecule has 0 unspecified atom stereocenters. The highest BCUT2D eigenvalue weighted by Gasteiger charge is 2.26. The Morgan fingerprint density at radius 3 is 2.47 bits per heavy atom. The van der Waals surface area contributed by atoms with Gasteiger partial charge in [-0.05, 0) is 24.6 Å². The Kier molecular flexibility index (Phi) is 5.61. The first-order chi connectivity index (χ1) is 14.0. The van der Waals surface area contributed by atoms with Gasteiger partial charge < -0.3 is 9.88 Å². The fourth-order valence-corrected chi connectivity index (χ4v) is 4.66.